The van der Waals surface area contributed by atoms with Crippen LogP contribution >= 0.6 is 0 Å². The number of ether oxygens (including phenoxy) is 1. The van der Waals surface area contributed by atoms with E-state index in [2.05, 4.69) is 15.5 Å². The molecule has 0 bridgehead atoms. The number of carbonyl (C=O) groups is 1. The van der Waals surface area contributed by atoms with Crippen molar-refractivity contribution < 1.29 is 18.4 Å². The zero-order valence-corrected chi connectivity index (χ0v) is 14.2. The number of amides is 1. The SMILES string of the molecule is CCOc1ccccc1NC(=O)CCc1nc(-c2cccc(F)c2)no1. The molecule has 0 radical (unpaired) electrons. The van der Waals surface area contributed by atoms with Gasteiger partial charge in [0.1, 0.15) is 11.6 Å². The molecule has 0 aliphatic carbocycles. The molecular weight excluding hydrogens is 337 g/mol. The standard InChI is InChI=1S/C19H18FN3O3/c1-2-25-16-9-4-3-8-15(16)21-17(24)10-11-18-22-19(23-26-18)13-6-5-7-14(20)12-13/h3-9,12H,2,10-11H2,1H3,(H,21,24). The highest BCUT2D eigenvalue weighted by Crippen LogP contribution is 2.24. The minimum absolute atomic E-state index is 0.172. The van der Waals surface area contributed by atoms with Gasteiger partial charge in [0, 0.05) is 18.4 Å². The van der Waals surface area contributed by atoms with E-state index in [9.17, 15) is 9.18 Å². The number of rotatable bonds is 7. The number of nitrogens with zero attached hydrogens (tertiary/aromatic N) is 2. The van der Waals surface area contributed by atoms with Crippen LogP contribution in [0.4, 0.5) is 10.1 Å². The molecule has 0 unspecified atom stereocenters. The molecule has 6 nitrogen and oxygen atoms in total. The first-order valence-corrected chi connectivity index (χ1v) is 8.26. The van der Waals surface area contributed by atoms with E-state index in [1.54, 1.807) is 24.3 Å². The van der Waals surface area contributed by atoms with Crippen LogP contribution in [0.15, 0.2) is 53.1 Å². The summed E-state index contributed by atoms with van der Waals surface area (Å²) >= 11 is 0. The zero-order valence-electron chi connectivity index (χ0n) is 14.2. The molecule has 1 aromatic heterocycles. The van der Waals surface area contributed by atoms with Crippen molar-refractivity contribution in [2.45, 2.75) is 19.8 Å². The van der Waals surface area contributed by atoms with Crippen LogP contribution in [-0.2, 0) is 11.2 Å². The summed E-state index contributed by atoms with van der Waals surface area (Å²) in [5.41, 5.74) is 1.14. The maximum absolute atomic E-state index is 13.3. The minimum atomic E-state index is -0.374. The van der Waals surface area contributed by atoms with Crippen molar-refractivity contribution in [2.24, 2.45) is 0 Å². The van der Waals surface area contributed by atoms with Gasteiger partial charge in [0.05, 0.1) is 12.3 Å². The van der Waals surface area contributed by atoms with Crippen LogP contribution < -0.4 is 10.1 Å². The topological polar surface area (TPSA) is 77.2 Å². The Morgan fingerprint density at radius 1 is 1.23 bits per heavy atom. The van der Waals surface area contributed by atoms with E-state index in [4.69, 9.17) is 9.26 Å². The fourth-order valence-electron chi connectivity index (χ4n) is 2.39. The number of hydrogen-bond acceptors (Lipinski definition) is 5. The van der Waals surface area contributed by atoms with Gasteiger partial charge in [0.2, 0.25) is 17.6 Å². The molecule has 0 aliphatic rings. The molecule has 0 spiro atoms. The maximum Gasteiger partial charge on any atom is 0.227 e. The van der Waals surface area contributed by atoms with E-state index < -0.39 is 0 Å². The van der Waals surface area contributed by atoms with Crippen LogP contribution in [0.2, 0.25) is 0 Å². The number of aromatic nitrogens is 2. The lowest BCUT2D eigenvalue weighted by atomic mass is 10.2. The number of para-hydroxylation sites is 2. The predicted octanol–water partition coefficient (Wildman–Crippen LogP) is 3.85. The molecule has 0 saturated heterocycles. The van der Waals surface area contributed by atoms with Gasteiger partial charge in [-0.25, -0.2) is 4.39 Å². The van der Waals surface area contributed by atoms with E-state index in [0.717, 1.165) is 0 Å². The Balaban J connectivity index is 1.59. The van der Waals surface area contributed by atoms with Gasteiger partial charge in [-0.2, -0.15) is 4.98 Å². The average molecular weight is 355 g/mol. The molecule has 0 saturated carbocycles. The third-order valence-corrected chi connectivity index (χ3v) is 3.58. The number of nitrogens with one attached hydrogen (secondary N) is 1. The Morgan fingerprint density at radius 2 is 2.08 bits per heavy atom. The first kappa shape index (κ1) is 17.6. The fourth-order valence-corrected chi connectivity index (χ4v) is 2.39. The van der Waals surface area contributed by atoms with Crippen LogP contribution in [0, 0.1) is 5.82 Å². The first-order valence-electron chi connectivity index (χ1n) is 8.26. The number of anilines is 1. The van der Waals surface area contributed by atoms with E-state index in [0.29, 0.717) is 35.3 Å². The van der Waals surface area contributed by atoms with Gasteiger partial charge >= 0.3 is 0 Å². The highest BCUT2D eigenvalue weighted by atomic mass is 19.1. The molecule has 134 valence electrons. The normalized spacial score (nSPS) is 10.5. The van der Waals surface area contributed by atoms with Crippen LogP contribution in [0.1, 0.15) is 19.2 Å². The second kappa shape index (κ2) is 8.24. The second-order valence-corrected chi connectivity index (χ2v) is 5.50. The molecular formula is C19H18FN3O3. The van der Waals surface area contributed by atoms with Gasteiger partial charge in [-0.1, -0.05) is 29.4 Å². The smallest absolute Gasteiger partial charge is 0.227 e. The van der Waals surface area contributed by atoms with Gasteiger partial charge in [0.15, 0.2) is 0 Å². The average Bonchev–Trinajstić information content (AvgIpc) is 3.11. The molecule has 0 fully saturated rings. The molecule has 1 N–H and O–H groups in total. The van der Waals surface area contributed by atoms with E-state index >= 15 is 0 Å². The van der Waals surface area contributed by atoms with Crippen molar-refractivity contribution in [2.75, 3.05) is 11.9 Å². The Kier molecular flexibility index (Phi) is 5.58. The molecule has 0 atom stereocenters. The van der Waals surface area contributed by atoms with Crippen molar-refractivity contribution in [3.05, 3.63) is 60.2 Å². The Morgan fingerprint density at radius 3 is 2.88 bits per heavy atom. The molecule has 26 heavy (non-hydrogen) atoms. The van der Waals surface area contributed by atoms with Crippen molar-refractivity contribution >= 4 is 11.6 Å². The molecule has 7 heteroatoms. The summed E-state index contributed by atoms with van der Waals surface area (Å²) in [7, 11) is 0. The monoisotopic (exact) mass is 355 g/mol. The summed E-state index contributed by atoms with van der Waals surface area (Å²) in [5.74, 6) is 0.664. The van der Waals surface area contributed by atoms with Crippen molar-refractivity contribution in [3.8, 4) is 17.1 Å². The van der Waals surface area contributed by atoms with Crippen molar-refractivity contribution in [3.63, 3.8) is 0 Å². The summed E-state index contributed by atoms with van der Waals surface area (Å²) in [5, 5.41) is 6.63. The molecule has 0 aliphatic heterocycles. The molecule has 1 heterocycles. The van der Waals surface area contributed by atoms with Crippen LogP contribution in [0.3, 0.4) is 0 Å². The number of carbonyl (C=O) groups excluding carboxylic acids is 1. The summed E-state index contributed by atoms with van der Waals surface area (Å²) in [6.07, 6.45) is 0.455. The lowest BCUT2D eigenvalue weighted by Crippen LogP contribution is -2.13. The van der Waals surface area contributed by atoms with Crippen LogP contribution in [-0.4, -0.2) is 22.7 Å². The van der Waals surface area contributed by atoms with Crippen LogP contribution in [0.5, 0.6) is 5.75 Å². The third-order valence-electron chi connectivity index (χ3n) is 3.58. The highest BCUT2D eigenvalue weighted by Gasteiger charge is 2.12. The van der Waals surface area contributed by atoms with E-state index in [1.807, 2.05) is 19.1 Å². The molecule has 1 amide bonds. The Labute approximate surface area is 150 Å². The second-order valence-electron chi connectivity index (χ2n) is 5.50. The number of aryl methyl sites for hydroxylation is 1. The van der Waals surface area contributed by atoms with E-state index in [-0.39, 0.29) is 24.6 Å². The lowest BCUT2D eigenvalue weighted by molar-refractivity contribution is -0.116. The minimum Gasteiger partial charge on any atom is -0.492 e. The van der Waals surface area contributed by atoms with Gasteiger partial charge in [-0.15, -0.1) is 0 Å². The molecule has 2 aromatic carbocycles. The van der Waals surface area contributed by atoms with Gasteiger partial charge in [-0.05, 0) is 31.2 Å². The number of hydrogen-bond donors (Lipinski definition) is 1. The first-order chi connectivity index (χ1) is 12.7. The van der Waals surface area contributed by atoms with Gasteiger partial charge in [-0.3, -0.25) is 4.79 Å². The maximum atomic E-state index is 13.3. The molecule has 3 aromatic rings. The number of benzene rings is 2. The lowest BCUT2D eigenvalue weighted by Gasteiger charge is -2.10. The summed E-state index contributed by atoms with van der Waals surface area (Å²) < 4.78 is 23.9. The summed E-state index contributed by atoms with van der Waals surface area (Å²) in [4.78, 5) is 16.4. The zero-order chi connectivity index (χ0) is 18.4. The van der Waals surface area contributed by atoms with Crippen molar-refractivity contribution in [1.82, 2.24) is 10.1 Å². The summed E-state index contributed by atoms with van der Waals surface area (Å²) in [6.45, 7) is 2.39. The van der Waals surface area contributed by atoms with E-state index in [1.165, 1.54) is 12.1 Å². The predicted molar refractivity (Wildman–Crippen MR) is 94.3 cm³/mol. The Hall–Kier alpha value is -3.22. The van der Waals surface area contributed by atoms with Gasteiger partial charge < -0.3 is 14.6 Å². The van der Waals surface area contributed by atoms with Crippen molar-refractivity contribution in [1.29, 1.82) is 0 Å². The third kappa shape index (κ3) is 4.44. The van der Waals surface area contributed by atoms with Gasteiger partial charge in [0.25, 0.3) is 0 Å². The highest BCUT2D eigenvalue weighted by molar-refractivity contribution is 5.92. The van der Waals surface area contributed by atoms with Crippen LogP contribution in [0.25, 0.3) is 11.4 Å². The quantitative estimate of drug-likeness (QED) is 0.697. The summed E-state index contributed by atoms with van der Waals surface area (Å²) in [6, 6.07) is 13.2. The Bertz CT molecular complexity index is 895. The molecule has 3 rings (SSSR count). The number of halogens is 1. The fraction of sp³-hybridized carbons (Fsp3) is 0.211. The largest absolute Gasteiger partial charge is 0.492 e.